The second-order valence-electron chi connectivity index (χ2n) is 25.1. The molecule has 3 N–H and O–H groups in total. The molecule has 0 fully saturated rings. The fourth-order valence-electron chi connectivity index (χ4n) is 9.43. The van der Waals surface area contributed by atoms with E-state index in [4.69, 9.17) is 37.0 Å². The van der Waals surface area contributed by atoms with Crippen molar-refractivity contribution in [1.82, 2.24) is 0 Å². The molecule has 0 saturated heterocycles. The molecule has 3 unspecified atom stereocenters. The molecule has 0 bridgehead atoms. The third-order valence-electron chi connectivity index (χ3n) is 14.6. The molecule has 0 heterocycles. The van der Waals surface area contributed by atoms with Crippen molar-refractivity contribution in [1.29, 1.82) is 0 Å². The van der Waals surface area contributed by atoms with Crippen LogP contribution >= 0.6 is 15.6 Å². The number of aliphatic hydroxyl groups excluding tert-OH is 1. The van der Waals surface area contributed by atoms with Crippen LogP contribution in [-0.2, 0) is 65.4 Å². The van der Waals surface area contributed by atoms with Gasteiger partial charge >= 0.3 is 39.5 Å². The van der Waals surface area contributed by atoms with Gasteiger partial charge in [0.2, 0.25) is 0 Å². The van der Waals surface area contributed by atoms with Gasteiger partial charge in [0.25, 0.3) is 0 Å². The molecule has 0 aliphatic heterocycles. The van der Waals surface area contributed by atoms with Crippen molar-refractivity contribution < 1.29 is 80.2 Å². The highest BCUT2D eigenvalue weighted by Crippen LogP contribution is 2.45. The van der Waals surface area contributed by atoms with Crippen LogP contribution in [0.5, 0.6) is 0 Å². The molecule has 0 saturated carbocycles. The molecule has 5 atom stereocenters. The van der Waals surface area contributed by atoms with Gasteiger partial charge in [-0.1, -0.05) is 254 Å². The molecule has 0 aliphatic rings. The number of rotatable bonds is 61. The maximum atomic E-state index is 13.0. The lowest BCUT2D eigenvalue weighted by Gasteiger charge is -2.21. The van der Waals surface area contributed by atoms with Crippen molar-refractivity contribution >= 4 is 39.5 Å². The van der Waals surface area contributed by atoms with Gasteiger partial charge in [-0.15, -0.1) is 0 Å². The minimum atomic E-state index is -4.94. The van der Waals surface area contributed by atoms with Crippen molar-refractivity contribution in [2.24, 2.45) is 23.7 Å². The Hall–Kier alpha value is -1.94. The highest BCUT2D eigenvalue weighted by molar-refractivity contribution is 7.47. The average molecular weight is 1230 g/mol. The van der Waals surface area contributed by atoms with Crippen molar-refractivity contribution in [3.8, 4) is 0 Å². The molecule has 0 radical (unpaired) electrons. The number of aliphatic hydroxyl groups is 1. The largest absolute Gasteiger partial charge is 0.472 e. The van der Waals surface area contributed by atoms with Gasteiger partial charge in [0.15, 0.2) is 12.2 Å². The molecule has 0 aliphatic carbocycles. The Labute approximate surface area is 505 Å². The smallest absolute Gasteiger partial charge is 0.462 e. The zero-order valence-electron chi connectivity index (χ0n) is 53.8. The van der Waals surface area contributed by atoms with Crippen molar-refractivity contribution in [3.63, 3.8) is 0 Å². The first-order chi connectivity index (χ1) is 39.6. The van der Waals surface area contributed by atoms with E-state index in [1.807, 2.05) is 0 Å². The standard InChI is InChI=1S/C64H124O17P2/c1-54(2)40-32-24-16-12-10-9-11-13-18-28-36-44-61(66)74-50-59(80-63(68)46-38-30-22-20-26-34-42-56(5)6)52-78-82(70,71)76-48-58(65)49-77-83(72,73)79-53-60(81-64(69)47-39-31-23-21-27-35-43-57(7)8)51-75-62(67)45-37-29-19-15-14-17-25-33-41-55(3)4/h54-60,65H,9-53H2,1-8H3,(H,70,71)(H,72,73)/t58?,59-,60-/m1/s1. The summed E-state index contributed by atoms with van der Waals surface area (Å²) in [6.45, 7) is 13.9. The van der Waals surface area contributed by atoms with Gasteiger partial charge in [-0.2, -0.15) is 0 Å². The predicted molar refractivity (Wildman–Crippen MR) is 331 cm³/mol. The van der Waals surface area contributed by atoms with E-state index in [0.717, 1.165) is 102 Å². The third-order valence-corrected chi connectivity index (χ3v) is 16.5. The molecule has 19 heteroatoms. The molecule has 0 aromatic carbocycles. The number of hydrogen-bond donors (Lipinski definition) is 3. The van der Waals surface area contributed by atoms with E-state index in [2.05, 4.69) is 55.4 Å². The van der Waals surface area contributed by atoms with Gasteiger partial charge in [-0.25, -0.2) is 9.13 Å². The van der Waals surface area contributed by atoms with Crippen molar-refractivity contribution in [2.75, 3.05) is 39.6 Å². The van der Waals surface area contributed by atoms with Crippen LogP contribution < -0.4 is 0 Å². The van der Waals surface area contributed by atoms with Crippen LogP contribution in [0.1, 0.15) is 306 Å². The molecule has 0 spiro atoms. The fraction of sp³-hybridized carbons (Fsp3) is 0.938. The van der Waals surface area contributed by atoms with E-state index in [1.54, 1.807) is 0 Å². The SMILES string of the molecule is CC(C)CCCCCCCCCCCCCC(=O)OC[C@H](COP(=O)(O)OCC(O)COP(=O)(O)OC[C@@H](COC(=O)CCCCCCCCCCC(C)C)OC(=O)CCCCCCCCC(C)C)OC(=O)CCCCCCCCC(C)C. The molecule has 0 rings (SSSR count). The maximum Gasteiger partial charge on any atom is 0.472 e. The van der Waals surface area contributed by atoms with Crippen molar-refractivity contribution in [2.45, 2.75) is 324 Å². The number of phosphoric ester groups is 2. The summed E-state index contributed by atoms with van der Waals surface area (Å²) >= 11 is 0. The molecule has 0 aromatic rings. The molecule has 83 heavy (non-hydrogen) atoms. The normalized spacial score (nSPS) is 14.4. The van der Waals surface area contributed by atoms with Gasteiger partial charge in [0.1, 0.15) is 19.3 Å². The summed E-state index contributed by atoms with van der Waals surface area (Å²) in [5.74, 6) is 0.690. The van der Waals surface area contributed by atoms with E-state index in [-0.39, 0.29) is 25.7 Å². The zero-order valence-corrected chi connectivity index (χ0v) is 55.6. The highest BCUT2D eigenvalue weighted by atomic mass is 31.2. The third kappa shape index (κ3) is 58.8. The monoisotopic (exact) mass is 1230 g/mol. The lowest BCUT2D eigenvalue weighted by Crippen LogP contribution is -2.30. The first-order valence-corrected chi connectivity index (χ1v) is 36.2. The van der Waals surface area contributed by atoms with Gasteiger partial charge in [0.05, 0.1) is 26.4 Å². The topological polar surface area (TPSA) is 237 Å². The second-order valence-corrected chi connectivity index (χ2v) is 28.0. The van der Waals surface area contributed by atoms with Crippen LogP contribution in [0.2, 0.25) is 0 Å². The molecular formula is C64H124O17P2. The first-order valence-electron chi connectivity index (χ1n) is 33.2. The minimum Gasteiger partial charge on any atom is -0.462 e. The van der Waals surface area contributed by atoms with Crippen LogP contribution in [0.15, 0.2) is 0 Å². The Morgan fingerprint density at radius 2 is 0.506 bits per heavy atom. The van der Waals surface area contributed by atoms with Crippen LogP contribution in [0, 0.1) is 23.7 Å². The van der Waals surface area contributed by atoms with E-state index in [0.29, 0.717) is 37.5 Å². The summed E-state index contributed by atoms with van der Waals surface area (Å²) in [6, 6.07) is 0. The van der Waals surface area contributed by atoms with Gasteiger partial charge in [0, 0.05) is 25.7 Å². The van der Waals surface area contributed by atoms with E-state index < -0.39 is 97.5 Å². The maximum absolute atomic E-state index is 13.0. The summed E-state index contributed by atoms with van der Waals surface area (Å²) in [6.07, 6.45) is 33.9. The number of phosphoric acid groups is 2. The molecule has 0 amide bonds. The lowest BCUT2D eigenvalue weighted by atomic mass is 10.0. The Kier molecular flexibility index (Phi) is 53.0. The summed E-state index contributed by atoms with van der Waals surface area (Å²) in [7, 11) is -9.89. The highest BCUT2D eigenvalue weighted by Gasteiger charge is 2.30. The van der Waals surface area contributed by atoms with Crippen LogP contribution in [0.3, 0.4) is 0 Å². The Morgan fingerprint density at radius 3 is 0.747 bits per heavy atom. The minimum absolute atomic E-state index is 0.101. The lowest BCUT2D eigenvalue weighted by molar-refractivity contribution is -0.161. The van der Waals surface area contributed by atoms with Crippen LogP contribution in [0.25, 0.3) is 0 Å². The molecule has 17 nitrogen and oxygen atoms in total. The van der Waals surface area contributed by atoms with E-state index in [1.165, 1.54) is 109 Å². The first kappa shape index (κ1) is 81.1. The Bertz CT molecular complexity index is 1660. The van der Waals surface area contributed by atoms with E-state index in [9.17, 15) is 43.2 Å². The Balaban J connectivity index is 5.21. The zero-order chi connectivity index (χ0) is 61.8. The predicted octanol–water partition coefficient (Wildman–Crippen LogP) is 17.4. The van der Waals surface area contributed by atoms with E-state index >= 15 is 0 Å². The van der Waals surface area contributed by atoms with Gasteiger partial charge in [-0.05, 0) is 49.4 Å². The summed E-state index contributed by atoms with van der Waals surface area (Å²) in [5.41, 5.74) is 0. The van der Waals surface area contributed by atoms with Crippen LogP contribution in [0.4, 0.5) is 0 Å². The second kappa shape index (κ2) is 54.2. The van der Waals surface area contributed by atoms with Gasteiger partial charge < -0.3 is 33.8 Å². The average Bonchev–Trinajstić information content (AvgIpc) is 3.44. The molecule has 0 aromatic heterocycles. The number of ether oxygens (including phenoxy) is 4. The fourth-order valence-corrected chi connectivity index (χ4v) is 11.0. The van der Waals surface area contributed by atoms with Crippen molar-refractivity contribution in [3.05, 3.63) is 0 Å². The number of unbranched alkanes of at least 4 members (excludes halogenated alkanes) is 27. The summed E-state index contributed by atoms with van der Waals surface area (Å²) < 4.78 is 67.9. The van der Waals surface area contributed by atoms with Crippen LogP contribution in [-0.4, -0.2) is 96.7 Å². The summed E-state index contributed by atoms with van der Waals surface area (Å²) in [5, 5.41) is 10.5. The number of esters is 4. The quantitative estimate of drug-likeness (QED) is 0.0222. The molecule has 492 valence electrons. The van der Waals surface area contributed by atoms with Gasteiger partial charge in [-0.3, -0.25) is 37.3 Å². The number of hydrogen-bond acceptors (Lipinski definition) is 15. The molecular weight excluding hydrogens is 1100 g/mol. The number of carbonyl (C=O) groups excluding carboxylic acids is 4. The summed E-state index contributed by atoms with van der Waals surface area (Å²) in [4.78, 5) is 72.1. The Morgan fingerprint density at radius 1 is 0.301 bits per heavy atom. The number of carbonyl (C=O) groups is 4.